The maximum atomic E-state index is 12.4. The number of anilines is 1. The quantitative estimate of drug-likeness (QED) is 0.821. The number of aliphatic hydroxyl groups excluding tert-OH is 1. The molecule has 1 aromatic rings. The predicted molar refractivity (Wildman–Crippen MR) is 102 cm³/mol. The Kier molecular flexibility index (Phi) is 5.87. The lowest BCUT2D eigenvalue weighted by atomic mass is 9.74. The van der Waals surface area contributed by atoms with Gasteiger partial charge >= 0.3 is 0 Å². The standard InChI is InChI=1S/C19H28N2O4S/c22-15-19(10-2-1-3-11-19)14-20-18(23)16-6-8-17(9-7-16)21-12-4-5-13-26(21,24)25/h6-9,22H,1-5,10-15H2,(H,20,23). The minimum Gasteiger partial charge on any atom is -0.396 e. The molecule has 2 fully saturated rings. The number of aliphatic hydroxyl groups is 1. The fraction of sp³-hybridized carbons (Fsp3) is 0.632. The smallest absolute Gasteiger partial charge is 0.251 e. The molecule has 1 saturated heterocycles. The minimum absolute atomic E-state index is 0.0963. The summed E-state index contributed by atoms with van der Waals surface area (Å²) in [7, 11) is -3.24. The van der Waals surface area contributed by atoms with Crippen LogP contribution in [0.3, 0.4) is 0 Å². The van der Waals surface area contributed by atoms with Crippen LogP contribution in [-0.2, 0) is 10.0 Å². The molecule has 0 atom stereocenters. The van der Waals surface area contributed by atoms with E-state index in [1.165, 1.54) is 10.7 Å². The number of carbonyl (C=O) groups excluding carboxylic acids is 1. The lowest BCUT2D eigenvalue weighted by molar-refractivity contribution is 0.0718. The Morgan fingerprint density at radius 2 is 1.77 bits per heavy atom. The van der Waals surface area contributed by atoms with Crippen molar-refractivity contribution in [1.29, 1.82) is 0 Å². The summed E-state index contributed by atoms with van der Waals surface area (Å²) in [6.07, 6.45) is 6.81. The molecule has 0 aromatic heterocycles. The van der Waals surface area contributed by atoms with Crippen molar-refractivity contribution in [1.82, 2.24) is 5.32 Å². The Morgan fingerprint density at radius 1 is 1.08 bits per heavy atom. The molecule has 2 N–H and O–H groups in total. The highest BCUT2D eigenvalue weighted by molar-refractivity contribution is 7.92. The first-order valence-electron chi connectivity index (χ1n) is 9.45. The van der Waals surface area contributed by atoms with Crippen LogP contribution in [0.15, 0.2) is 24.3 Å². The van der Waals surface area contributed by atoms with Gasteiger partial charge in [-0.2, -0.15) is 0 Å². The maximum absolute atomic E-state index is 12.4. The van der Waals surface area contributed by atoms with E-state index >= 15 is 0 Å². The minimum atomic E-state index is -3.24. The highest BCUT2D eigenvalue weighted by atomic mass is 32.2. The van der Waals surface area contributed by atoms with Gasteiger partial charge in [0.15, 0.2) is 0 Å². The molecule has 0 bridgehead atoms. The molecule has 1 amide bonds. The fourth-order valence-corrected chi connectivity index (χ4v) is 5.56. The van der Waals surface area contributed by atoms with Gasteiger partial charge in [0.1, 0.15) is 0 Å². The monoisotopic (exact) mass is 380 g/mol. The molecule has 0 unspecified atom stereocenters. The summed E-state index contributed by atoms with van der Waals surface area (Å²) in [6, 6.07) is 6.73. The van der Waals surface area contributed by atoms with Crippen molar-refractivity contribution in [3.8, 4) is 0 Å². The van der Waals surface area contributed by atoms with Crippen LogP contribution in [0.1, 0.15) is 55.3 Å². The van der Waals surface area contributed by atoms with Gasteiger partial charge in [-0.1, -0.05) is 19.3 Å². The third-order valence-corrected chi connectivity index (χ3v) is 7.51. The molecule has 1 aromatic carbocycles. The molecule has 1 saturated carbocycles. The Labute approximate surface area is 155 Å². The lowest BCUT2D eigenvalue weighted by Gasteiger charge is -2.35. The van der Waals surface area contributed by atoms with Crippen LogP contribution in [0.2, 0.25) is 0 Å². The van der Waals surface area contributed by atoms with Crippen molar-refractivity contribution in [3.05, 3.63) is 29.8 Å². The summed E-state index contributed by atoms with van der Waals surface area (Å²) in [5.74, 6) is -0.00480. The first-order valence-corrected chi connectivity index (χ1v) is 11.1. The Balaban J connectivity index is 1.63. The average molecular weight is 381 g/mol. The molecule has 0 radical (unpaired) electrons. The third kappa shape index (κ3) is 4.20. The number of nitrogens with zero attached hydrogens (tertiary/aromatic N) is 1. The molecule has 6 nitrogen and oxygen atoms in total. The van der Waals surface area contributed by atoms with E-state index in [9.17, 15) is 18.3 Å². The summed E-state index contributed by atoms with van der Waals surface area (Å²) in [6.45, 7) is 1.07. The number of sulfonamides is 1. The summed E-state index contributed by atoms with van der Waals surface area (Å²) in [4.78, 5) is 12.4. The average Bonchev–Trinajstić information content (AvgIpc) is 2.67. The topological polar surface area (TPSA) is 86.7 Å². The lowest BCUT2D eigenvalue weighted by Crippen LogP contribution is -2.41. The first-order chi connectivity index (χ1) is 12.5. The molecule has 1 aliphatic carbocycles. The molecule has 1 aliphatic heterocycles. The SMILES string of the molecule is O=C(NCC1(CO)CCCCC1)c1ccc(N2CCCCS2(=O)=O)cc1. The van der Waals surface area contributed by atoms with Crippen molar-refractivity contribution in [2.24, 2.45) is 5.41 Å². The fourth-order valence-electron chi connectivity index (χ4n) is 3.92. The van der Waals surface area contributed by atoms with Gasteiger partial charge in [-0.05, 0) is 49.9 Å². The third-order valence-electron chi connectivity index (χ3n) is 5.64. The second kappa shape index (κ2) is 7.96. The molecule has 2 aliphatic rings. The predicted octanol–water partition coefficient (Wildman–Crippen LogP) is 2.29. The second-order valence-corrected chi connectivity index (χ2v) is 9.56. The van der Waals surface area contributed by atoms with Gasteiger partial charge in [-0.3, -0.25) is 9.10 Å². The summed E-state index contributed by atoms with van der Waals surface area (Å²) >= 11 is 0. The highest BCUT2D eigenvalue weighted by Gasteiger charge is 2.32. The molecule has 7 heteroatoms. The van der Waals surface area contributed by atoms with E-state index in [1.807, 2.05) is 0 Å². The van der Waals surface area contributed by atoms with Gasteiger partial charge in [0.05, 0.1) is 18.0 Å². The van der Waals surface area contributed by atoms with Crippen LogP contribution in [-0.4, -0.2) is 44.9 Å². The molecule has 3 rings (SSSR count). The number of rotatable bonds is 5. The van der Waals surface area contributed by atoms with E-state index < -0.39 is 10.0 Å². The zero-order chi connectivity index (χ0) is 18.6. The van der Waals surface area contributed by atoms with Crippen LogP contribution >= 0.6 is 0 Å². The number of hydrogen-bond acceptors (Lipinski definition) is 4. The van der Waals surface area contributed by atoms with E-state index in [-0.39, 0.29) is 23.7 Å². The van der Waals surface area contributed by atoms with Crippen LogP contribution in [0.25, 0.3) is 0 Å². The van der Waals surface area contributed by atoms with Gasteiger partial charge in [0, 0.05) is 24.1 Å². The summed E-state index contributed by atoms with van der Waals surface area (Å²) in [5, 5.41) is 12.7. The summed E-state index contributed by atoms with van der Waals surface area (Å²) < 4.78 is 25.8. The zero-order valence-electron chi connectivity index (χ0n) is 15.1. The number of nitrogens with one attached hydrogen (secondary N) is 1. The van der Waals surface area contributed by atoms with Gasteiger partial charge < -0.3 is 10.4 Å². The molecule has 144 valence electrons. The van der Waals surface area contributed by atoms with Gasteiger partial charge in [0.2, 0.25) is 10.0 Å². The number of carbonyl (C=O) groups is 1. The Morgan fingerprint density at radius 3 is 2.38 bits per heavy atom. The number of hydrogen-bond donors (Lipinski definition) is 2. The molecule has 0 spiro atoms. The first kappa shape index (κ1) is 19.2. The van der Waals surface area contributed by atoms with Crippen molar-refractivity contribution in [2.75, 3.05) is 29.8 Å². The second-order valence-electron chi connectivity index (χ2n) is 7.54. The van der Waals surface area contributed by atoms with Gasteiger partial charge in [0.25, 0.3) is 5.91 Å². The van der Waals surface area contributed by atoms with E-state index in [1.54, 1.807) is 24.3 Å². The molecular weight excluding hydrogens is 352 g/mol. The zero-order valence-corrected chi connectivity index (χ0v) is 15.9. The molecular formula is C19H28N2O4S. The van der Waals surface area contributed by atoms with Crippen LogP contribution in [0.4, 0.5) is 5.69 Å². The summed E-state index contributed by atoms with van der Waals surface area (Å²) in [5.41, 5.74) is 0.919. The van der Waals surface area contributed by atoms with E-state index in [2.05, 4.69) is 5.32 Å². The van der Waals surface area contributed by atoms with Crippen molar-refractivity contribution >= 4 is 21.6 Å². The van der Waals surface area contributed by atoms with E-state index in [4.69, 9.17) is 0 Å². The van der Waals surface area contributed by atoms with Crippen molar-refractivity contribution < 1.29 is 18.3 Å². The van der Waals surface area contributed by atoms with Gasteiger partial charge in [-0.25, -0.2) is 8.42 Å². The normalized spacial score (nSPS) is 22.0. The Bertz CT molecular complexity index is 724. The molecule has 26 heavy (non-hydrogen) atoms. The largest absolute Gasteiger partial charge is 0.396 e. The highest BCUT2D eigenvalue weighted by Crippen LogP contribution is 2.35. The maximum Gasteiger partial charge on any atom is 0.251 e. The van der Waals surface area contributed by atoms with Gasteiger partial charge in [-0.15, -0.1) is 0 Å². The Hall–Kier alpha value is -1.60. The van der Waals surface area contributed by atoms with E-state index in [0.29, 0.717) is 30.8 Å². The van der Waals surface area contributed by atoms with Crippen molar-refractivity contribution in [2.45, 2.75) is 44.9 Å². The van der Waals surface area contributed by atoms with E-state index in [0.717, 1.165) is 32.1 Å². The van der Waals surface area contributed by atoms with Crippen LogP contribution in [0, 0.1) is 5.41 Å². The van der Waals surface area contributed by atoms with Crippen molar-refractivity contribution in [3.63, 3.8) is 0 Å². The van der Waals surface area contributed by atoms with Crippen LogP contribution in [0.5, 0.6) is 0 Å². The van der Waals surface area contributed by atoms with Crippen LogP contribution < -0.4 is 9.62 Å². The molecule has 1 heterocycles. The number of amides is 1. The number of benzene rings is 1.